The number of alkyl halides is 7. The van der Waals surface area contributed by atoms with Crippen molar-refractivity contribution in [1.29, 1.82) is 0 Å². The van der Waals surface area contributed by atoms with Gasteiger partial charge in [0, 0.05) is 24.1 Å². The molecule has 0 saturated carbocycles. The molecule has 3 rings (SSSR count). The van der Waals surface area contributed by atoms with Gasteiger partial charge in [0.2, 0.25) is 6.41 Å². The number of carbonyl (C=O) groups is 1. The Morgan fingerprint density at radius 1 is 1.03 bits per heavy atom. The van der Waals surface area contributed by atoms with E-state index in [-0.39, 0.29) is 25.1 Å². The quantitative estimate of drug-likeness (QED) is 0.269. The minimum atomic E-state index is -6.23. The first-order chi connectivity index (χ1) is 15.8. The molecule has 3 nitrogen and oxygen atoms in total. The number of carbonyl (C=O) groups excluding carboxylic acids is 1. The van der Waals surface area contributed by atoms with Gasteiger partial charge in [-0.05, 0) is 35.3 Å². The third-order valence-electron chi connectivity index (χ3n) is 6.01. The minimum absolute atomic E-state index is 0.0558. The van der Waals surface area contributed by atoms with Crippen molar-refractivity contribution in [3.8, 4) is 0 Å². The highest BCUT2D eigenvalue weighted by Gasteiger charge is 2.73. The van der Waals surface area contributed by atoms with E-state index in [1.54, 1.807) is 18.2 Å². The average Bonchev–Trinajstić information content (AvgIpc) is 3.23. The summed E-state index contributed by atoms with van der Waals surface area (Å²) in [6.07, 6.45) is -10.2. The van der Waals surface area contributed by atoms with E-state index in [0.717, 1.165) is 30.5 Å². The number of rotatable bonds is 7. The van der Waals surface area contributed by atoms with E-state index in [1.165, 1.54) is 4.90 Å². The lowest BCUT2D eigenvalue weighted by atomic mass is 9.90. The van der Waals surface area contributed by atoms with Gasteiger partial charge in [-0.2, -0.15) is 26.3 Å². The highest BCUT2D eigenvalue weighted by molar-refractivity contribution is 7.92. The predicted molar refractivity (Wildman–Crippen MR) is 112 cm³/mol. The van der Waals surface area contributed by atoms with Crippen LogP contribution in [-0.2, 0) is 32.8 Å². The highest BCUT2D eigenvalue weighted by Crippen LogP contribution is 2.53. The number of aryl methyl sites for hydroxylation is 1. The highest BCUT2D eigenvalue weighted by atomic mass is 32.2. The first-order valence-electron chi connectivity index (χ1n) is 10.4. The summed E-state index contributed by atoms with van der Waals surface area (Å²) in [6, 6.07) is 9.64. The van der Waals surface area contributed by atoms with E-state index in [2.05, 4.69) is 0 Å². The van der Waals surface area contributed by atoms with Crippen LogP contribution in [0.25, 0.3) is 0 Å². The zero-order valence-electron chi connectivity index (χ0n) is 18.0. The Balaban J connectivity index is 2.07. The summed E-state index contributed by atoms with van der Waals surface area (Å²) in [5.41, 5.74) is -6.09. The molecule has 2 atom stereocenters. The molecule has 0 aliphatic carbocycles. The first kappa shape index (κ1) is 26.3. The smallest absolute Gasteiger partial charge is 0.435 e. The topological polar surface area (TPSA) is 43.4 Å². The molecule has 186 valence electrons. The van der Waals surface area contributed by atoms with Crippen LogP contribution in [0, 0.1) is 0 Å². The Hall–Kier alpha value is -2.27. The second kappa shape index (κ2) is 9.41. The zero-order valence-corrected chi connectivity index (χ0v) is 18.9. The van der Waals surface area contributed by atoms with Crippen molar-refractivity contribution in [2.24, 2.45) is 0 Å². The molecule has 0 radical (unpaired) electrons. The fourth-order valence-corrected chi connectivity index (χ4v) is 6.04. The van der Waals surface area contributed by atoms with Crippen LogP contribution in [0.2, 0.25) is 0 Å². The van der Waals surface area contributed by atoms with Gasteiger partial charge in [0.1, 0.15) is 0 Å². The molecule has 1 amide bonds. The van der Waals surface area contributed by atoms with Gasteiger partial charge in [-0.15, -0.1) is 0 Å². The Bertz CT molecular complexity index is 996. The summed E-state index contributed by atoms with van der Waals surface area (Å²) in [5.74, 6) is 0. The number of hydrogen-bond acceptors (Lipinski definition) is 2. The van der Waals surface area contributed by atoms with Crippen molar-refractivity contribution in [2.75, 3.05) is 13.1 Å². The summed E-state index contributed by atoms with van der Waals surface area (Å²) in [7, 11) is 0. The number of amides is 1. The first-order valence-corrected chi connectivity index (χ1v) is 11.6. The van der Waals surface area contributed by atoms with Crippen LogP contribution >= 0.6 is 0 Å². The number of benzene rings is 2. The fourth-order valence-electron chi connectivity index (χ4n) is 4.22. The molecule has 1 fully saturated rings. The third-order valence-corrected chi connectivity index (χ3v) is 7.97. The SMILES string of the molecule is CCCc1cccc([S+]([O-])C2(c3ccc(C(F)(C(F)(F)F)C(F)(F)F)cc3)CCN(C=O)C2)c1. The molecular weight excluding hydrogens is 487 g/mol. The lowest BCUT2D eigenvalue weighted by Crippen LogP contribution is -2.50. The average molecular weight is 509 g/mol. The van der Waals surface area contributed by atoms with Gasteiger partial charge in [-0.3, -0.25) is 4.79 Å². The second-order valence-electron chi connectivity index (χ2n) is 8.22. The van der Waals surface area contributed by atoms with Crippen molar-refractivity contribution in [1.82, 2.24) is 4.90 Å². The number of likely N-dealkylation sites (tertiary alicyclic amines) is 1. The van der Waals surface area contributed by atoms with E-state index in [9.17, 15) is 40.1 Å². The van der Waals surface area contributed by atoms with Crippen LogP contribution in [-0.4, -0.2) is 41.3 Å². The standard InChI is InChI=1S/C23H22F7NO2S/c1-2-4-16-5-3-6-19(13-16)34(33)20(11-12-31(14-20)15-32)17-7-9-18(10-8-17)21(24,22(25,26)27)23(28,29)30/h3,5-10,13,15H,2,4,11-12,14H2,1H3. The van der Waals surface area contributed by atoms with E-state index in [1.807, 2.05) is 13.0 Å². The lowest BCUT2D eigenvalue weighted by Gasteiger charge is -2.33. The molecule has 2 aromatic carbocycles. The molecule has 0 aromatic heterocycles. The summed E-state index contributed by atoms with van der Waals surface area (Å²) in [6.45, 7) is 2.11. The van der Waals surface area contributed by atoms with Crippen molar-refractivity contribution in [2.45, 2.75) is 53.9 Å². The van der Waals surface area contributed by atoms with E-state index >= 15 is 0 Å². The van der Waals surface area contributed by atoms with Crippen molar-refractivity contribution >= 4 is 17.6 Å². The lowest BCUT2D eigenvalue weighted by molar-refractivity contribution is -0.348. The van der Waals surface area contributed by atoms with E-state index in [4.69, 9.17) is 0 Å². The van der Waals surface area contributed by atoms with Crippen LogP contribution in [0.3, 0.4) is 0 Å². The van der Waals surface area contributed by atoms with Crippen molar-refractivity contribution < 1.29 is 40.1 Å². The largest absolute Gasteiger partial charge is 0.611 e. The minimum Gasteiger partial charge on any atom is -0.611 e. The van der Waals surface area contributed by atoms with Crippen LogP contribution in [0.5, 0.6) is 0 Å². The summed E-state index contributed by atoms with van der Waals surface area (Å²) >= 11 is -1.81. The molecule has 0 N–H and O–H groups in total. The number of halogens is 7. The molecule has 0 spiro atoms. The van der Waals surface area contributed by atoms with E-state index < -0.39 is 39.5 Å². The summed E-state index contributed by atoms with van der Waals surface area (Å²) in [5, 5.41) is 0. The number of nitrogens with zero attached hydrogens (tertiary/aromatic N) is 1. The molecule has 1 aliphatic heterocycles. The van der Waals surface area contributed by atoms with Crippen LogP contribution in [0.1, 0.15) is 36.5 Å². The van der Waals surface area contributed by atoms with Gasteiger partial charge < -0.3 is 9.45 Å². The summed E-state index contributed by atoms with van der Waals surface area (Å²) < 4.78 is 106. The Labute approximate surface area is 195 Å². The van der Waals surface area contributed by atoms with Gasteiger partial charge in [-0.25, -0.2) is 4.39 Å². The van der Waals surface area contributed by atoms with Gasteiger partial charge in [-0.1, -0.05) is 49.7 Å². The zero-order chi connectivity index (χ0) is 25.4. The van der Waals surface area contributed by atoms with Gasteiger partial charge in [0.25, 0.3) is 0 Å². The van der Waals surface area contributed by atoms with Crippen LogP contribution < -0.4 is 0 Å². The normalized spacial score (nSPS) is 20.4. The fraction of sp³-hybridized carbons (Fsp3) is 0.435. The Kier molecular flexibility index (Phi) is 7.29. The van der Waals surface area contributed by atoms with Crippen LogP contribution in [0.4, 0.5) is 30.7 Å². The molecule has 1 aliphatic rings. The number of hydrogen-bond donors (Lipinski definition) is 0. The second-order valence-corrected chi connectivity index (χ2v) is 10.0. The summed E-state index contributed by atoms with van der Waals surface area (Å²) in [4.78, 5) is 13.1. The molecule has 0 bridgehead atoms. The molecule has 2 aromatic rings. The maximum Gasteiger partial charge on any atom is 0.435 e. The maximum absolute atomic E-state index is 14.4. The van der Waals surface area contributed by atoms with E-state index in [0.29, 0.717) is 23.4 Å². The monoisotopic (exact) mass is 509 g/mol. The molecule has 1 heterocycles. The van der Waals surface area contributed by atoms with Crippen LogP contribution in [0.15, 0.2) is 53.4 Å². The van der Waals surface area contributed by atoms with Crippen molar-refractivity contribution in [3.05, 3.63) is 65.2 Å². The van der Waals surface area contributed by atoms with Gasteiger partial charge in [0.05, 0.1) is 6.54 Å². The molecule has 1 saturated heterocycles. The molecule has 34 heavy (non-hydrogen) atoms. The van der Waals surface area contributed by atoms with Crippen molar-refractivity contribution in [3.63, 3.8) is 0 Å². The predicted octanol–water partition coefficient (Wildman–Crippen LogP) is 5.79. The molecule has 2 unspecified atom stereocenters. The Morgan fingerprint density at radius 2 is 1.65 bits per heavy atom. The third kappa shape index (κ3) is 4.51. The van der Waals surface area contributed by atoms with Gasteiger partial charge in [0.15, 0.2) is 9.64 Å². The maximum atomic E-state index is 14.4. The van der Waals surface area contributed by atoms with Gasteiger partial charge >= 0.3 is 18.0 Å². The molecular formula is C23H22F7NO2S. The molecule has 11 heteroatoms. The Morgan fingerprint density at radius 3 is 2.15 bits per heavy atom.